The fourth-order valence-electron chi connectivity index (χ4n) is 3.19. The molecule has 1 aliphatic carbocycles. The van der Waals surface area contributed by atoms with Gasteiger partial charge in [0.25, 0.3) is 0 Å². The van der Waals surface area contributed by atoms with Crippen molar-refractivity contribution in [2.75, 3.05) is 17.3 Å². The second kappa shape index (κ2) is 8.17. The zero-order valence-electron chi connectivity index (χ0n) is 13.4. The van der Waals surface area contributed by atoms with Crippen LogP contribution in [0.25, 0.3) is 0 Å². The summed E-state index contributed by atoms with van der Waals surface area (Å²) in [6.45, 7) is 5.50. The summed E-state index contributed by atoms with van der Waals surface area (Å²) in [6.07, 6.45) is 10.3. The normalized spacial score (nSPS) is 22.0. The lowest BCUT2D eigenvalue weighted by Crippen LogP contribution is -2.18. The van der Waals surface area contributed by atoms with Crippen LogP contribution in [0.3, 0.4) is 0 Å². The zero-order chi connectivity index (χ0) is 15.1. The van der Waals surface area contributed by atoms with E-state index in [9.17, 15) is 0 Å². The second-order valence-corrected chi connectivity index (χ2v) is 6.29. The average Bonchev–Trinajstić information content (AvgIpc) is 2.51. The van der Waals surface area contributed by atoms with Crippen LogP contribution < -0.4 is 16.6 Å². The van der Waals surface area contributed by atoms with Gasteiger partial charge in [0.05, 0.1) is 0 Å². The van der Waals surface area contributed by atoms with Crippen LogP contribution in [0.15, 0.2) is 6.33 Å². The molecule has 1 fully saturated rings. The molecule has 0 unspecified atom stereocenters. The lowest BCUT2D eigenvalue weighted by Gasteiger charge is -2.26. The van der Waals surface area contributed by atoms with Gasteiger partial charge < -0.3 is 10.7 Å². The SMILES string of the molecule is CCCc1c(NN)ncnc1NCCC1CCC(C)CC1. The Morgan fingerprint density at radius 2 is 1.90 bits per heavy atom. The van der Waals surface area contributed by atoms with Gasteiger partial charge in [-0.2, -0.15) is 0 Å². The third-order valence-electron chi connectivity index (χ3n) is 4.56. The molecule has 0 spiro atoms. The zero-order valence-corrected chi connectivity index (χ0v) is 13.4. The van der Waals surface area contributed by atoms with Crippen LogP contribution in [0.1, 0.15) is 57.9 Å². The van der Waals surface area contributed by atoms with E-state index in [4.69, 9.17) is 5.84 Å². The first kappa shape index (κ1) is 16.0. The maximum Gasteiger partial charge on any atom is 0.148 e. The summed E-state index contributed by atoms with van der Waals surface area (Å²) in [7, 11) is 0. The minimum Gasteiger partial charge on any atom is -0.370 e. The molecule has 1 aromatic heterocycles. The number of nitrogens with two attached hydrogens (primary N) is 1. The number of rotatable bonds is 7. The summed E-state index contributed by atoms with van der Waals surface area (Å²) in [4.78, 5) is 8.58. The van der Waals surface area contributed by atoms with Gasteiger partial charge in [0, 0.05) is 12.1 Å². The maximum atomic E-state index is 5.54. The van der Waals surface area contributed by atoms with Gasteiger partial charge in [0.1, 0.15) is 18.0 Å². The number of nitrogen functional groups attached to an aromatic ring is 1. The number of aromatic nitrogens is 2. The van der Waals surface area contributed by atoms with Gasteiger partial charge in [-0.25, -0.2) is 15.8 Å². The van der Waals surface area contributed by atoms with Gasteiger partial charge >= 0.3 is 0 Å². The fourth-order valence-corrected chi connectivity index (χ4v) is 3.19. The lowest BCUT2D eigenvalue weighted by molar-refractivity contribution is 0.282. The first-order chi connectivity index (χ1) is 10.2. The summed E-state index contributed by atoms with van der Waals surface area (Å²) in [5.74, 6) is 9.01. The van der Waals surface area contributed by atoms with Gasteiger partial charge in [0.15, 0.2) is 0 Å². The molecule has 2 rings (SSSR count). The molecular formula is C16H29N5. The van der Waals surface area contributed by atoms with E-state index in [0.717, 1.165) is 48.4 Å². The van der Waals surface area contributed by atoms with Crippen molar-refractivity contribution in [3.8, 4) is 0 Å². The molecular weight excluding hydrogens is 262 g/mol. The molecule has 0 bridgehead atoms. The lowest BCUT2D eigenvalue weighted by atomic mass is 9.81. The minimum atomic E-state index is 0.737. The monoisotopic (exact) mass is 291 g/mol. The Kier molecular flexibility index (Phi) is 6.23. The highest BCUT2D eigenvalue weighted by Gasteiger charge is 2.18. The van der Waals surface area contributed by atoms with E-state index in [2.05, 4.69) is 34.6 Å². The van der Waals surface area contributed by atoms with Crippen molar-refractivity contribution in [3.63, 3.8) is 0 Å². The molecule has 0 aromatic carbocycles. The molecule has 5 heteroatoms. The minimum absolute atomic E-state index is 0.737. The van der Waals surface area contributed by atoms with Crippen molar-refractivity contribution in [1.82, 2.24) is 9.97 Å². The van der Waals surface area contributed by atoms with E-state index in [-0.39, 0.29) is 0 Å². The predicted molar refractivity (Wildman–Crippen MR) is 88.1 cm³/mol. The third-order valence-corrected chi connectivity index (χ3v) is 4.56. The van der Waals surface area contributed by atoms with Crippen LogP contribution in [0, 0.1) is 11.8 Å². The van der Waals surface area contributed by atoms with Crippen LogP contribution >= 0.6 is 0 Å². The Bertz CT molecular complexity index is 427. The highest BCUT2D eigenvalue weighted by atomic mass is 15.3. The van der Waals surface area contributed by atoms with Gasteiger partial charge in [-0.15, -0.1) is 0 Å². The van der Waals surface area contributed by atoms with E-state index in [0.29, 0.717) is 0 Å². The van der Waals surface area contributed by atoms with Crippen molar-refractivity contribution in [2.45, 2.75) is 58.8 Å². The molecule has 21 heavy (non-hydrogen) atoms. The third kappa shape index (κ3) is 4.56. The largest absolute Gasteiger partial charge is 0.370 e. The number of anilines is 2. The molecule has 0 radical (unpaired) electrons. The molecule has 0 aliphatic heterocycles. The van der Waals surface area contributed by atoms with E-state index in [1.807, 2.05) is 0 Å². The number of hydrogen-bond donors (Lipinski definition) is 3. The Hall–Kier alpha value is -1.36. The van der Waals surface area contributed by atoms with Gasteiger partial charge in [0.2, 0.25) is 0 Å². The molecule has 0 amide bonds. The van der Waals surface area contributed by atoms with E-state index < -0.39 is 0 Å². The molecule has 1 saturated carbocycles. The molecule has 1 aliphatic rings. The quantitative estimate of drug-likeness (QED) is 0.530. The molecule has 5 nitrogen and oxygen atoms in total. The summed E-state index contributed by atoms with van der Waals surface area (Å²) in [5, 5.41) is 3.48. The second-order valence-electron chi connectivity index (χ2n) is 6.29. The highest BCUT2D eigenvalue weighted by Crippen LogP contribution is 2.30. The van der Waals surface area contributed by atoms with Crippen LogP contribution in [0.4, 0.5) is 11.6 Å². The molecule has 4 N–H and O–H groups in total. The van der Waals surface area contributed by atoms with Crippen LogP contribution in [-0.2, 0) is 6.42 Å². The van der Waals surface area contributed by atoms with Gasteiger partial charge in [-0.3, -0.25) is 0 Å². The van der Waals surface area contributed by atoms with E-state index >= 15 is 0 Å². The van der Waals surface area contributed by atoms with Gasteiger partial charge in [-0.1, -0.05) is 46.0 Å². The smallest absolute Gasteiger partial charge is 0.148 e. The molecule has 0 saturated heterocycles. The van der Waals surface area contributed by atoms with E-state index in [1.165, 1.54) is 32.1 Å². The first-order valence-corrected chi connectivity index (χ1v) is 8.29. The Balaban J connectivity index is 1.87. The molecule has 118 valence electrons. The summed E-state index contributed by atoms with van der Waals surface area (Å²) in [6, 6.07) is 0. The van der Waals surface area contributed by atoms with Crippen molar-refractivity contribution in [2.24, 2.45) is 17.7 Å². The molecule has 1 heterocycles. The van der Waals surface area contributed by atoms with Crippen molar-refractivity contribution in [3.05, 3.63) is 11.9 Å². The van der Waals surface area contributed by atoms with E-state index in [1.54, 1.807) is 6.33 Å². The summed E-state index contributed by atoms with van der Waals surface area (Å²) in [5.41, 5.74) is 3.77. The van der Waals surface area contributed by atoms with Crippen molar-refractivity contribution >= 4 is 11.6 Å². The first-order valence-electron chi connectivity index (χ1n) is 8.29. The van der Waals surface area contributed by atoms with Crippen LogP contribution in [-0.4, -0.2) is 16.5 Å². The average molecular weight is 291 g/mol. The summed E-state index contributed by atoms with van der Waals surface area (Å²) >= 11 is 0. The van der Waals surface area contributed by atoms with Crippen molar-refractivity contribution < 1.29 is 0 Å². The van der Waals surface area contributed by atoms with Gasteiger partial charge in [-0.05, 0) is 24.7 Å². The standard InChI is InChI=1S/C16H29N5/c1-3-4-14-15(19-11-20-16(14)21-17)18-10-9-13-7-5-12(2)6-8-13/h11-13H,3-10,17H2,1-2H3,(H2,18,19,20,21). The van der Waals surface area contributed by atoms with Crippen LogP contribution in [0.5, 0.6) is 0 Å². The molecule has 1 aromatic rings. The topological polar surface area (TPSA) is 75.9 Å². The number of hydrazine groups is 1. The van der Waals surface area contributed by atoms with Crippen LogP contribution in [0.2, 0.25) is 0 Å². The number of hydrogen-bond acceptors (Lipinski definition) is 5. The highest BCUT2D eigenvalue weighted by molar-refractivity contribution is 5.56. The van der Waals surface area contributed by atoms with Crippen molar-refractivity contribution in [1.29, 1.82) is 0 Å². The Morgan fingerprint density at radius 3 is 2.57 bits per heavy atom. The number of nitrogens with zero attached hydrogens (tertiary/aromatic N) is 2. The Labute approximate surface area is 128 Å². The summed E-state index contributed by atoms with van der Waals surface area (Å²) < 4.78 is 0. The Morgan fingerprint density at radius 1 is 1.19 bits per heavy atom. The number of nitrogens with one attached hydrogen (secondary N) is 2. The maximum absolute atomic E-state index is 5.54. The fraction of sp³-hybridized carbons (Fsp3) is 0.750. The molecule has 0 atom stereocenters. The predicted octanol–water partition coefficient (Wildman–Crippen LogP) is 3.34.